The van der Waals surface area contributed by atoms with E-state index in [4.69, 9.17) is 4.74 Å². The normalized spacial score (nSPS) is 11.9. The second kappa shape index (κ2) is 5.07. The maximum atomic E-state index is 13.1. The highest BCUT2D eigenvalue weighted by Crippen LogP contribution is 2.17. The Hall–Kier alpha value is -1.43. The fourth-order valence-electron chi connectivity index (χ4n) is 0.922. The van der Waals surface area contributed by atoms with Crippen molar-refractivity contribution in [3.63, 3.8) is 0 Å². The number of carboxylic acids is 1. The lowest BCUT2D eigenvalue weighted by atomic mass is 10.2. The Kier molecular flexibility index (Phi) is 4.00. The van der Waals surface area contributed by atoms with Gasteiger partial charge in [-0.1, -0.05) is 15.9 Å². The topological polar surface area (TPSA) is 66.4 Å². The number of hydrogen-bond donors (Lipinski definition) is 0. The number of halogens is 2. The molecule has 4 nitrogen and oxygen atoms in total. The molecule has 6 heteroatoms. The third-order valence-corrected chi connectivity index (χ3v) is 2.08. The van der Waals surface area contributed by atoms with Crippen LogP contribution in [0.2, 0.25) is 0 Å². The highest BCUT2D eigenvalue weighted by atomic mass is 79.9. The molecule has 0 radical (unpaired) electrons. The van der Waals surface area contributed by atoms with Gasteiger partial charge in [-0.15, -0.1) is 0 Å². The molecule has 0 saturated heterocycles. The predicted molar refractivity (Wildman–Crippen MR) is 54.8 cm³/mol. The molecule has 0 amide bonds. The summed E-state index contributed by atoms with van der Waals surface area (Å²) >= 11 is 2.98. The number of benzene rings is 1. The molecule has 0 N–H and O–H groups in total. The molecule has 0 aliphatic carbocycles. The van der Waals surface area contributed by atoms with Gasteiger partial charge in [0.15, 0.2) is 0 Å². The van der Waals surface area contributed by atoms with Crippen LogP contribution in [0.5, 0.6) is 5.75 Å². The largest absolute Gasteiger partial charge is 0.545 e. The van der Waals surface area contributed by atoms with Crippen molar-refractivity contribution in [3.8, 4) is 5.75 Å². The number of carbonyl (C=O) groups is 2. The fraction of sp³-hybridized carbons (Fsp3) is 0.200. The van der Waals surface area contributed by atoms with Crippen molar-refractivity contribution in [1.82, 2.24) is 0 Å². The highest BCUT2D eigenvalue weighted by Gasteiger charge is 2.12. The Morgan fingerprint density at radius 3 is 2.56 bits per heavy atom. The van der Waals surface area contributed by atoms with E-state index in [2.05, 4.69) is 15.9 Å². The summed E-state index contributed by atoms with van der Waals surface area (Å²) in [5.41, 5.74) is -0.577. The molecule has 0 spiro atoms. The van der Waals surface area contributed by atoms with Gasteiger partial charge < -0.3 is 14.6 Å². The summed E-state index contributed by atoms with van der Waals surface area (Å²) < 4.78 is 17.9. The minimum atomic E-state index is -1.62. The summed E-state index contributed by atoms with van der Waals surface area (Å²) in [4.78, 5) is 21.0. The van der Waals surface area contributed by atoms with Crippen LogP contribution in [0.15, 0.2) is 18.2 Å². The van der Waals surface area contributed by atoms with Crippen LogP contribution in [0.25, 0.3) is 0 Å². The number of ether oxygens (including phenoxy) is 1. The summed E-state index contributed by atoms with van der Waals surface area (Å²) in [6.45, 7) is 1.55. The van der Waals surface area contributed by atoms with Gasteiger partial charge in [-0.25, -0.2) is 4.39 Å². The summed E-state index contributed by atoms with van der Waals surface area (Å²) in [7, 11) is 0. The zero-order valence-corrected chi connectivity index (χ0v) is 9.78. The Morgan fingerprint density at radius 1 is 1.50 bits per heavy atom. The van der Waals surface area contributed by atoms with Gasteiger partial charge in [-0.05, 0) is 19.1 Å². The Morgan fingerprint density at radius 2 is 2.12 bits per heavy atom. The van der Waals surface area contributed by atoms with Crippen molar-refractivity contribution in [2.75, 3.05) is 0 Å². The first-order valence-corrected chi connectivity index (χ1v) is 5.20. The summed E-state index contributed by atoms with van der Waals surface area (Å²) in [6.07, 6.45) is 0. The first kappa shape index (κ1) is 12.6. The Bertz CT molecular complexity index is 431. The molecule has 1 rings (SSSR count). The van der Waals surface area contributed by atoms with E-state index in [0.29, 0.717) is 0 Å². The van der Waals surface area contributed by atoms with Crippen molar-refractivity contribution in [2.45, 2.75) is 11.8 Å². The molecular weight excluding hydrogens is 283 g/mol. The average Bonchev–Trinajstić information content (AvgIpc) is 2.16. The van der Waals surface area contributed by atoms with E-state index in [1.165, 1.54) is 6.07 Å². The number of esters is 1. The van der Waals surface area contributed by atoms with Crippen LogP contribution in [0.3, 0.4) is 0 Å². The third kappa shape index (κ3) is 3.03. The van der Waals surface area contributed by atoms with Crippen molar-refractivity contribution in [1.29, 1.82) is 0 Å². The van der Waals surface area contributed by atoms with Crippen molar-refractivity contribution in [2.24, 2.45) is 0 Å². The molecule has 1 atom stereocenters. The standard InChI is InChI=1S/C10H8BrFO4/c1-5(11)10(15)16-6-2-3-7(9(13)14)8(12)4-6/h2-5H,1H3,(H,13,14)/p-1. The van der Waals surface area contributed by atoms with E-state index < -0.39 is 28.1 Å². The van der Waals surface area contributed by atoms with Gasteiger partial charge in [0, 0.05) is 11.6 Å². The predicted octanol–water partition coefficient (Wildman–Crippen LogP) is 0.878. The van der Waals surface area contributed by atoms with Gasteiger partial charge in [0.2, 0.25) is 0 Å². The third-order valence-electron chi connectivity index (χ3n) is 1.70. The quantitative estimate of drug-likeness (QED) is 0.471. The molecule has 0 saturated carbocycles. The Balaban J connectivity index is 2.90. The second-order valence-electron chi connectivity index (χ2n) is 2.97. The van der Waals surface area contributed by atoms with Crippen LogP contribution in [0.4, 0.5) is 4.39 Å². The minimum Gasteiger partial charge on any atom is -0.545 e. The number of aromatic carboxylic acids is 1. The van der Waals surface area contributed by atoms with Gasteiger partial charge in [-0.2, -0.15) is 0 Å². The number of alkyl halides is 1. The number of carbonyl (C=O) groups excluding carboxylic acids is 2. The second-order valence-corrected chi connectivity index (χ2v) is 4.34. The van der Waals surface area contributed by atoms with Crippen molar-refractivity contribution >= 4 is 27.9 Å². The smallest absolute Gasteiger partial charge is 0.324 e. The summed E-state index contributed by atoms with van der Waals surface area (Å²) in [5.74, 6) is -3.28. The van der Waals surface area contributed by atoms with Gasteiger partial charge in [0.05, 0.1) is 5.97 Å². The van der Waals surface area contributed by atoms with Crippen LogP contribution in [0, 0.1) is 5.82 Å². The van der Waals surface area contributed by atoms with Gasteiger partial charge in [0.1, 0.15) is 16.4 Å². The molecule has 86 valence electrons. The molecule has 0 aliphatic heterocycles. The van der Waals surface area contributed by atoms with E-state index in [0.717, 1.165) is 12.1 Å². The monoisotopic (exact) mass is 289 g/mol. The minimum absolute atomic E-state index is 0.0567. The lowest BCUT2D eigenvalue weighted by Gasteiger charge is -2.08. The van der Waals surface area contributed by atoms with Crippen molar-refractivity contribution < 1.29 is 23.8 Å². The SMILES string of the molecule is CC(Br)C(=O)Oc1ccc(C(=O)[O-])c(F)c1. The van der Waals surface area contributed by atoms with E-state index in [9.17, 15) is 19.1 Å². The Labute approximate surface area is 99.2 Å². The lowest BCUT2D eigenvalue weighted by molar-refractivity contribution is -0.255. The maximum absolute atomic E-state index is 13.1. The molecular formula is C10H7BrFO4-. The first-order chi connectivity index (χ1) is 7.41. The first-order valence-electron chi connectivity index (χ1n) is 4.28. The number of rotatable bonds is 3. The average molecular weight is 290 g/mol. The van der Waals surface area contributed by atoms with Gasteiger partial charge in [0.25, 0.3) is 0 Å². The highest BCUT2D eigenvalue weighted by molar-refractivity contribution is 9.10. The van der Waals surface area contributed by atoms with Crippen LogP contribution in [-0.4, -0.2) is 16.8 Å². The maximum Gasteiger partial charge on any atom is 0.324 e. The molecule has 1 unspecified atom stereocenters. The molecule has 0 aliphatic rings. The van der Waals surface area contributed by atoms with Crippen LogP contribution in [-0.2, 0) is 4.79 Å². The van der Waals surface area contributed by atoms with E-state index in [1.54, 1.807) is 6.92 Å². The fourth-order valence-corrected chi connectivity index (χ4v) is 1.02. The molecule has 0 bridgehead atoms. The number of carboxylic acid groups (broad SMARTS) is 1. The van der Waals surface area contributed by atoms with Gasteiger partial charge >= 0.3 is 5.97 Å². The van der Waals surface area contributed by atoms with Crippen molar-refractivity contribution in [3.05, 3.63) is 29.6 Å². The molecule has 0 heterocycles. The zero-order chi connectivity index (χ0) is 12.3. The summed E-state index contributed by atoms with van der Waals surface area (Å²) in [6, 6.07) is 2.98. The van der Waals surface area contributed by atoms with Crippen LogP contribution < -0.4 is 9.84 Å². The lowest BCUT2D eigenvalue weighted by Crippen LogP contribution is -2.23. The molecule has 1 aromatic carbocycles. The van der Waals surface area contributed by atoms with Gasteiger partial charge in [-0.3, -0.25) is 4.79 Å². The number of hydrogen-bond acceptors (Lipinski definition) is 4. The molecule has 1 aromatic rings. The van der Waals surface area contributed by atoms with Crippen LogP contribution >= 0.6 is 15.9 Å². The molecule has 0 fully saturated rings. The van der Waals surface area contributed by atoms with E-state index in [-0.39, 0.29) is 5.75 Å². The molecule has 0 aromatic heterocycles. The molecule has 16 heavy (non-hydrogen) atoms. The van der Waals surface area contributed by atoms with Crippen LogP contribution in [0.1, 0.15) is 17.3 Å². The van der Waals surface area contributed by atoms with E-state index >= 15 is 0 Å². The zero-order valence-electron chi connectivity index (χ0n) is 8.20. The summed E-state index contributed by atoms with van der Waals surface area (Å²) in [5, 5.41) is 10.4. The van der Waals surface area contributed by atoms with E-state index in [1.807, 2.05) is 0 Å².